The van der Waals surface area contributed by atoms with Gasteiger partial charge in [0.15, 0.2) is 0 Å². The highest BCUT2D eigenvalue weighted by molar-refractivity contribution is 5.87. The van der Waals surface area contributed by atoms with E-state index in [9.17, 15) is 23.1 Å². The zero-order valence-electron chi connectivity index (χ0n) is 19.1. The second kappa shape index (κ2) is 8.36. The fourth-order valence-electron chi connectivity index (χ4n) is 5.83. The summed E-state index contributed by atoms with van der Waals surface area (Å²) >= 11 is 0. The van der Waals surface area contributed by atoms with Gasteiger partial charge in [0.1, 0.15) is 12.4 Å². The summed E-state index contributed by atoms with van der Waals surface area (Å²) in [5, 5.41) is 10.3. The Labute approximate surface area is 196 Å². The topological polar surface area (TPSA) is 62.3 Å². The Morgan fingerprint density at radius 2 is 1.94 bits per heavy atom. The monoisotopic (exact) mass is 471 g/mol. The number of benzene rings is 2. The molecule has 0 spiro atoms. The van der Waals surface area contributed by atoms with E-state index in [1.165, 1.54) is 6.07 Å². The van der Waals surface area contributed by atoms with Gasteiger partial charge >= 0.3 is 12.1 Å². The van der Waals surface area contributed by atoms with Gasteiger partial charge in [-0.2, -0.15) is 13.2 Å². The molecule has 5 rings (SSSR count). The first-order chi connectivity index (χ1) is 16.1. The lowest BCUT2D eigenvalue weighted by Gasteiger charge is -2.21. The molecular formula is C27H28F3NO3. The average molecular weight is 472 g/mol. The van der Waals surface area contributed by atoms with E-state index < -0.39 is 23.1 Å². The van der Waals surface area contributed by atoms with Crippen LogP contribution in [-0.4, -0.2) is 16.1 Å². The van der Waals surface area contributed by atoms with Gasteiger partial charge in [-0.15, -0.1) is 0 Å². The van der Waals surface area contributed by atoms with Crippen LogP contribution in [0.15, 0.2) is 36.4 Å². The number of H-pyrrole nitrogens is 1. The van der Waals surface area contributed by atoms with E-state index >= 15 is 0 Å². The zero-order valence-corrected chi connectivity index (χ0v) is 19.1. The summed E-state index contributed by atoms with van der Waals surface area (Å²) in [7, 11) is 0. The summed E-state index contributed by atoms with van der Waals surface area (Å²) in [5.74, 6) is -0.263. The molecule has 2 aliphatic rings. The van der Waals surface area contributed by atoms with E-state index in [1.54, 1.807) is 18.2 Å². The van der Waals surface area contributed by atoms with E-state index in [2.05, 4.69) is 4.98 Å². The van der Waals surface area contributed by atoms with Gasteiger partial charge in [0.2, 0.25) is 0 Å². The van der Waals surface area contributed by atoms with Gasteiger partial charge in [0.05, 0.1) is 12.0 Å². The van der Waals surface area contributed by atoms with Gasteiger partial charge in [-0.25, -0.2) is 0 Å². The molecule has 1 heterocycles. The number of nitrogens with one attached hydrogen (secondary N) is 1. The summed E-state index contributed by atoms with van der Waals surface area (Å²) in [5.41, 5.74) is 2.89. The molecule has 1 atom stereocenters. The lowest BCUT2D eigenvalue weighted by atomic mass is 9.84. The molecule has 0 radical (unpaired) electrons. The summed E-state index contributed by atoms with van der Waals surface area (Å²) in [6.45, 7) is 2.01. The molecule has 4 nitrogen and oxygen atoms in total. The van der Waals surface area contributed by atoms with Gasteiger partial charge in [0, 0.05) is 22.0 Å². The minimum absolute atomic E-state index is 0.0171. The predicted molar refractivity (Wildman–Crippen MR) is 123 cm³/mol. The van der Waals surface area contributed by atoms with Crippen LogP contribution in [0.5, 0.6) is 5.75 Å². The highest BCUT2D eigenvalue weighted by Crippen LogP contribution is 2.45. The zero-order chi connectivity index (χ0) is 24.1. The second-order valence-electron chi connectivity index (χ2n) is 10.0. The van der Waals surface area contributed by atoms with Crippen molar-refractivity contribution in [2.45, 2.75) is 76.0 Å². The van der Waals surface area contributed by atoms with Crippen molar-refractivity contribution in [1.82, 2.24) is 4.98 Å². The molecular weight excluding hydrogens is 443 g/mol. The number of rotatable bonds is 6. The Morgan fingerprint density at radius 3 is 2.65 bits per heavy atom. The van der Waals surface area contributed by atoms with E-state index in [0.29, 0.717) is 16.9 Å². The van der Waals surface area contributed by atoms with Crippen molar-refractivity contribution in [1.29, 1.82) is 0 Å². The van der Waals surface area contributed by atoms with Crippen molar-refractivity contribution in [3.63, 3.8) is 0 Å². The standard InChI is InChI=1S/C27H28F3NO3/c1-26(14-24(32)33)11-10-20-21-13-18(7-9-23(21)31-25(20)26)34-15-16-6-8-19(17-4-2-3-5-17)22(12-16)27(28,29)30/h6-9,12-13,17,31H,2-5,10-11,14-15H2,1H3,(H,32,33)/t26-/m1/s1. The van der Waals surface area contributed by atoms with Gasteiger partial charge in [-0.1, -0.05) is 31.9 Å². The number of aliphatic carboxylic acids is 1. The van der Waals surface area contributed by atoms with Crippen molar-refractivity contribution >= 4 is 16.9 Å². The Balaban J connectivity index is 1.38. The molecule has 1 saturated carbocycles. The number of carboxylic acid groups (broad SMARTS) is 1. The van der Waals surface area contributed by atoms with E-state index in [-0.39, 0.29) is 18.9 Å². The molecule has 180 valence electrons. The number of ether oxygens (including phenoxy) is 1. The van der Waals surface area contributed by atoms with Crippen LogP contribution >= 0.6 is 0 Å². The number of aromatic amines is 1. The number of aromatic nitrogens is 1. The minimum atomic E-state index is -4.39. The van der Waals surface area contributed by atoms with E-state index in [1.807, 2.05) is 19.1 Å². The smallest absolute Gasteiger partial charge is 0.416 e. The second-order valence-corrected chi connectivity index (χ2v) is 10.0. The number of carboxylic acids is 1. The molecule has 1 fully saturated rings. The third kappa shape index (κ3) is 4.17. The molecule has 1 aromatic heterocycles. The lowest BCUT2D eigenvalue weighted by molar-refractivity contribution is -0.139. The maximum atomic E-state index is 13.8. The van der Waals surface area contributed by atoms with Crippen LogP contribution in [0.3, 0.4) is 0 Å². The molecule has 2 aliphatic carbocycles. The van der Waals surface area contributed by atoms with Crippen molar-refractivity contribution in [2.24, 2.45) is 0 Å². The molecule has 0 unspecified atom stereocenters. The van der Waals surface area contributed by atoms with Crippen LogP contribution in [-0.2, 0) is 29.4 Å². The Morgan fingerprint density at radius 1 is 1.18 bits per heavy atom. The first-order valence-electron chi connectivity index (χ1n) is 11.8. The highest BCUT2D eigenvalue weighted by Gasteiger charge is 2.39. The van der Waals surface area contributed by atoms with Crippen LogP contribution < -0.4 is 4.74 Å². The quantitative estimate of drug-likeness (QED) is 0.403. The number of alkyl halides is 3. The van der Waals surface area contributed by atoms with Crippen LogP contribution in [0.2, 0.25) is 0 Å². The molecule has 0 aliphatic heterocycles. The van der Waals surface area contributed by atoms with E-state index in [4.69, 9.17) is 4.74 Å². The highest BCUT2D eigenvalue weighted by atomic mass is 19.4. The predicted octanol–water partition coefficient (Wildman–Crippen LogP) is 7.10. The summed E-state index contributed by atoms with van der Waals surface area (Å²) < 4.78 is 47.2. The number of hydrogen-bond acceptors (Lipinski definition) is 2. The van der Waals surface area contributed by atoms with Crippen LogP contribution in [0.1, 0.15) is 79.3 Å². The number of halogens is 3. The fraction of sp³-hybridized carbons (Fsp3) is 0.444. The normalized spacial score (nSPS) is 20.7. The molecule has 7 heteroatoms. The van der Waals surface area contributed by atoms with E-state index in [0.717, 1.165) is 60.7 Å². The third-order valence-electron chi connectivity index (χ3n) is 7.57. The maximum absolute atomic E-state index is 13.8. The average Bonchev–Trinajstić information content (AvgIpc) is 3.49. The Bertz CT molecular complexity index is 1240. The van der Waals surface area contributed by atoms with Crippen molar-refractivity contribution in [3.8, 4) is 5.75 Å². The van der Waals surface area contributed by atoms with Gasteiger partial charge in [0.25, 0.3) is 0 Å². The SMILES string of the molecule is C[C@]1(CC(=O)O)CCc2c1[nH]c1ccc(OCc3ccc(C4CCCC4)c(C(F)(F)F)c3)cc21. The van der Waals surface area contributed by atoms with Gasteiger partial charge in [-0.3, -0.25) is 4.79 Å². The minimum Gasteiger partial charge on any atom is -0.489 e. The molecule has 0 amide bonds. The van der Waals surface area contributed by atoms with Crippen molar-refractivity contribution in [2.75, 3.05) is 0 Å². The largest absolute Gasteiger partial charge is 0.489 e. The third-order valence-corrected chi connectivity index (χ3v) is 7.57. The summed E-state index contributed by atoms with van der Waals surface area (Å²) in [6, 6.07) is 10.2. The van der Waals surface area contributed by atoms with Gasteiger partial charge < -0.3 is 14.8 Å². The van der Waals surface area contributed by atoms with Crippen molar-refractivity contribution in [3.05, 3.63) is 64.3 Å². The van der Waals surface area contributed by atoms with Crippen LogP contribution in [0.4, 0.5) is 13.2 Å². The number of fused-ring (bicyclic) bond motifs is 3. The maximum Gasteiger partial charge on any atom is 0.416 e. The molecule has 34 heavy (non-hydrogen) atoms. The number of aryl methyl sites for hydroxylation is 1. The van der Waals surface area contributed by atoms with Crippen LogP contribution in [0, 0.1) is 0 Å². The summed E-state index contributed by atoms with van der Waals surface area (Å²) in [4.78, 5) is 14.7. The Hall–Kier alpha value is -2.96. The molecule has 3 aromatic rings. The van der Waals surface area contributed by atoms with Crippen molar-refractivity contribution < 1.29 is 27.8 Å². The molecule has 0 bridgehead atoms. The number of hydrogen-bond donors (Lipinski definition) is 2. The molecule has 0 saturated heterocycles. The fourth-order valence-corrected chi connectivity index (χ4v) is 5.83. The van der Waals surface area contributed by atoms with Gasteiger partial charge in [-0.05, 0) is 72.6 Å². The summed E-state index contributed by atoms with van der Waals surface area (Å²) in [6.07, 6.45) is 0.795. The molecule has 2 N–H and O–H groups in total. The first-order valence-corrected chi connectivity index (χ1v) is 11.8. The Kier molecular flexibility index (Phi) is 5.61. The first kappa shape index (κ1) is 22.8. The lowest BCUT2D eigenvalue weighted by Crippen LogP contribution is -2.23. The molecule has 2 aromatic carbocycles. The van der Waals surface area contributed by atoms with Crippen LogP contribution in [0.25, 0.3) is 10.9 Å². The number of carbonyl (C=O) groups is 1.